The second-order valence-electron chi connectivity index (χ2n) is 4.44. The number of ether oxygens (including phenoxy) is 1. The van der Waals surface area contributed by atoms with Crippen LogP contribution < -0.4 is 0 Å². The van der Waals surface area contributed by atoms with Gasteiger partial charge in [-0.25, -0.2) is 4.79 Å². The van der Waals surface area contributed by atoms with E-state index >= 15 is 0 Å². The van der Waals surface area contributed by atoms with E-state index in [1.54, 1.807) is 48.0 Å². The Morgan fingerprint density at radius 1 is 1.29 bits per heavy atom. The molecule has 0 amide bonds. The molecule has 0 N–H and O–H groups in total. The van der Waals surface area contributed by atoms with Gasteiger partial charge in [0.1, 0.15) is 5.69 Å². The maximum Gasteiger partial charge on any atom is 0.354 e. The molecule has 0 saturated carbocycles. The third-order valence-corrected chi connectivity index (χ3v) is 3.12. The van der Waals surface area contributed by atoms with Gasteiger partial charge in [0.2, 0.25) is 0 Å². The number of aryl methyl sites for hydroxylation is 2. The number of hydrogen-bond acceptors (Lipinski definition) is 4. The first-order valence-corrected chi connectivity index (χ1v) is 6.68. The van der Waals surface area contributed by atoms with Gasteiger partial charge in [-0.15, -0.1) is 0 Å². The number of esters is 1. The first-order valence-electron chi connectivity index (χ1n) is 6.68. The Hall–Kier alpha value is -2.63. The molecule has 110 valence electrons. The van der Waals surface area contributed by atoms with Crippen LogP contribution in [0, 0.1) is 10.1 Å². The van der Waals surface area contributed by atoms with E-state index in [4.69, 9.17) is 4.74 Å². The van der Waals surface area contributed by atoms with Gasteiger partial charge < -0.3 is 9.30 Å². The van der Waals surface area contributed by atoms with Crippen molar-refractivity contribution in [2.45, 2.75) is 19.9 Å². The summed E-state index contributed by atoms with van der Waals surface area (Å²) in [6.07, 6.45) is 2.24. The number of carbonyl (C=O) groups excluding carboxylic acids is 1. The molecule has 21 heavy (non-hydrogen) atoms. The average molecular weight is 288 g/mol. The topological polar surface area (TPSA) is 74.4 Å². The summed E-state index contributed by atoms with van der Waals surface area (Å²) < 4.78 is 6.72. The van der Waals surface area contributed by atoms with Gasteiger partial charge >= 0.3 is 5.97 Å². The Morgan fingerprint density at radius 2 is 2.05 bits per heavy atom. The van der Waals surface area contributed by atoms with Crippen LogP contribution in [0.15, 0.2) is 42.6 Å². The van der Waals surface area contributed by atoms with Crippen molar-refractivity contribution in [1.82, 2.24) is 4.57 Å². The minimum Gasteiger partial charge on any atom is -0.461 e. The van der Waals surface area contributed by atoms with E-state index in [1.807, 2.05) is 0 Å². The highest BCUT2D eigenvalue weighted by atomic mass is 16.6. The molecule has 0 aliphatic carbocycles. The summed E-state index contributed by atoms with van der Waals surface area (Å²) in [6, 6.07) is 10.1. The summed E-state index contributed by atoms with van der Waals surface area (Å²) in [7, 11) is 0. The highest BCUT2D eigenvalue weighted by Gasteiger charge is 2.15. The van der Waals surface area contributed by atoms with Crippen molar-refractivity contribution in [1.29, 1.82) is 0 Å². The van der Waals surface area contributed by atoms with Gasteiger partial charge in [0.25, 0.3) is 5.69 Å². The lowest BCUT2D eigenvalue weighted by Crippen LogP contribution is -2.13. The average Bonchev–Trinajstić information content (AvgIpc) is 2.94. The number of nitro groups is 1. The molecule has 0 saturated heterocycles. The fraction of sp³-hybridized carbons (Fsp3) is 0.267. The van der Waals surface area contributed by atoms with E-state index in [2.05, 4.69) is 0 Å². The molecule has 0 unspecified atom stereocenters. The number of aromatic nitrogens is 1. The van der Waals surface area contributed by atoms with E-state index in [-0.39, 0.29) is 11.7 Å². The quantitative estimate of drug-likeness (QED) is 0.465. The van der Waals surface area contributed by atoms with Gasteiger partial charge in [0, 0.05) is 24.4 Å². The molecule has 0 fully saturated rings. The molecule has 1 aromatic heterocycles. The van der Waals surface area contributed by atoms with Crippen LogP contribution in [0.5, 0.6) is 0 Å². The van der Waals surface area contributed by atoms with Crippen molar-refractivity contribution >= 4 is 11.7 Å². The smallest absolute Gasteiger partial charge is 0.354 e. The Bertz CT molecular complexity index is 649. The summed E-state index contributed by atoms with van der Waals surface area (Å²) >= 11 is 0. The highest BCUT2D eigenvalue weighted by molar-refractivity contribution is 5.87. The first-order chi connectivity index (χ1) is 10.1. The lowest BCUT2D eigenvalue weighted by atomic mass is 10.1. The van der Waals surface area contributed by atoms with Crippen LogP contribution in [0.2, 0.25) is 0 Å². The number of nitro benzene ring substituents is 1. The minimum atomic E-state index is -0.392. The molecule has 0 aliphatic rings. The van der Waals surface area contributed by atoms with Gasteiger partial charge in [-0.3, -0.25) is 10.1 Å². The van der Waals surface area contributed by atoms with E-state index in [1.165, 1.54) is 6.07 Å². The molecule has 6 nitrogen and oxygen atoms in total. The van der Waals surface area contributed by atoms with Crippen LogP contribution >= 0.6 is 0 Å². The molecule has 1 aromatic carbocycles. The lowest BCUT2D eigenvalue weighted by Gasteiger charge is -2.08. The van der Waals surface area contributed by atoms with Crippen LogP contribution in [0.4, 0.5) is 5.69 Å². The normalized spacial score (nSPS) is 10.3. The summed E-state index contributed by atoms with van der Waals surface area (Å²) in [6.45, 7) is 2.54. The van der Waals surface area contributed by atoms with E-state index in [0.717, 1.165) is 0 Å². The molecule has 0 aliphatic heterocycles. The summed E-state index contributed by atoms with van der Waals surface area (Å²) in [5.41, 5.74) is 1.20. The minimum absolute atomic E-state index is 0.0994. The SMILES string of the molecule is CCOC(=O)c1cccn1CCc1ccccc1[N+](=O)[O-]. The van der Waals surface area contributed by atoms with Gasteiger partial charge in [-0.1, -0.05) is 18.2 Å². The van der Waals surface area contributed by atoms with E-state index in [0.29, 0.717) is 30.8 Å². The fourth-order valence-electron chi connectivity index (χ4n) is 2.14. The van der Waals surface area contributed by atoms with Gasteiger partial charge in [0.05, 0.1) is 11.5 Å². The first kappa shape index (κ1) is 14.8. The zero-order valence-electron chi connectivity index (χ0n) is 11.7. The van der Waals surface area contributed by atoms with Crippen molar-refractivity contribution < 1.29 is 14.5 Å². The molecule has 0 bridgehead atoms. The molecule has 2 rings (SSSR count). The Balaban J connectivity index is 2.13. The maximum absolute atomic E-state index is 11.8. The molecule has 6 heteroatoms. The van der Waals surface area contributed by atoms with Crippen LogP contribution in [0.3, 0.4) is 0 Å². The predicted molar refractivity (Wildman–Crippen MR) is 77.2 cm³/mol. The second kappa shape index (κ2) is 6.69. The molecule has 0 atom stereocenters. The Labute approximate surface area is 122 Å². The molecule has 1 heterocycles. The van der Waals surface area contributed by atoms with Crippen molar-refractivity contribution in [3.63, 3.8) is 0 Å². The standard InChI is InChI=1S/C15H16N2O4/c1-2-21-15(18)14-8-5-10-16(14)11-9-12-6-3-4-7-13(12)17(19)20/h3-8,10H,2,9,11H2,1H3. The summed E-state index contributed by atoms with van der Waals surface area (Å²) in [5, 5.41) is 11.0. The number of para-hydroxylation sites is 1. The van der Waals surface area contributed by atoms with Crippen molar-refractivity contribution in [2.24, 2.45) is 0 Å². The van der Waals surface area contributed by atoms with Crippen molar-refractivity contribution in [3.8, 4) is 0 Å². The zero-order chi connectivity index (χ0) is 15.2. The van der Waals surface area contributed by atoms with Gasteiger partial charge in [-0.05, 0) is 25.5 Å². The van der Waals surface area contributed by atoms with Gasteiger partial charge in [-0.2, -0.15) is 0 Å². The number of nitrogens with zero attached hydrogens (tertiary/aromatic N) is 2. The number of carbonyl (C=O) groups is 1. The predicted octanol–water partition coefficient (Wildman–Crippen LogP) is 2.82. The second-order valence-corrected chi connectivity index (χ2v) is 4.44. The highest BCUT2D eigenvalue weighted by Crippen LogP contribution is 2.19. The van der Waals surface area contributed by atoms with Crippen molar-refractivity contribution in [3.05, 3.63) is 64.0 Å². The number of hydrogen-bond donors (Lipinski definition) is 0. The zero-order valence-corrected chi connectivity index (χ0v) is 11.7. The maximum atomic E-state index is 11.8. The van der Waals surface area contributed by atoms with Crippen LogP contribution in [0.25, 0.3) is 0 Å². The monoisotopic (exact) mass is 288 g/mol. The van der Waals surface area contributed by atoms with E-state index < -0.39 is 4.92 Å². The fourth-order valence-corrected chi connectivity index (χ4v) is 2.14. The summed E-state index contributed by atoms with van der Waals surface area (Å²) in [5.74, 6) is -0.384. The third-order valence-electron chi connectivity index (χ3n) is 3.12. The molecular weight excluding hydrogens is 272 g/mol. The lowest BCUT2D eigenvalue weighted by molar-refractivity contribution is -0.385. The van der Waals surface area contributed by atoms with Crippen molar-refractivity contribution in [2.75, 3.05) is 6.61 Å². The Morgan fingerprint density at radius 3 is 2.76 bits per heavy atom. The van der Waals surface area contributed by atoms with Crippen LogP contribution in [-0.2, 0) is 17.7 Å². The summed E-state index contributed by atoms with van der Waals surface area (Å²) in [4.78, 5) is 22.3. The largest absolute Gasteiger partial charge is 0.461 e. The molecule has 0 radical (unpaired) electrons. The number of benzene rings is 1. The third kappa shape index (κ3) is 3.47. The van der Waals surface area contributed by atoms with E-state index in [9.17, 15) is 14.9 Å². The molecular formula is C15H16N2O4. The Kier molecular flexibility index (Phi) is 4.71. The van der Waals surface area contributed by atoms with Crippen LogP contribution in [-0.4, -0.2) is 22.1 Å². The number of rotatable bonds is 6. The molecule has 0 spiro atoms. The van der Waals surface area contributed by atoms with Gasteiger partial charge in [0.15, 0.2) is 0 Å². The van der Waals surface area contributed by atoms with Crippen LogP contribution in [0.1, 0.15) is 23.0 Å². The molecule has 2 aromatic rings.